The number of nitrogens with one attached hydrogen (secondary N) is 1. The highest BCUT2D eigenvalue weighted by atomic mass is 79.9. The van der Waals surface area contributed by atoms with Crippen LogP contribution >= 0.6 is 15.9 Å². The molecule has 0 aromatic heterocycles. The molecule has 1 N–H and O–H groups in total. The van der Waals surface area contributed by atoms with Gasteiger partial charge in [-0.1, -0.05) is 15.9 Å². The molecule has 0 aliphatic rings. The van der Waals surface area contributed by atoms with Crippen LogP contribution in [0.3, 0.4) is 0 Å². The number of benzene rings is 1. The van der Waals surface area contributed by atoms with Gasteiger partial charge in [0.25, 0.3) is 5.91 Å². The maximum absolute atomic E-state index is 13.5. The van der Waals surface area contributed by atoms with E-state index in [9.17, 15) is 9.18 Å². The molecule has 0 spiro atoms. The van der Waals surface area contributed by atoms with Gasteiger partial charge in [0.1, 0.15) is 5.82 Å². The van der Waals surface area contributed by atoms with Crippen molar-refractivity contribution in [3.63, 3.8) is 0 Å². The van der Waals surface area contributed by atoms with E-state index in [1.165, 1.54) is 19.2 Å². The van der Waals surface area contributed by atoms with Crippen LogP contribution in [0.5, 0.6) is 0 Å². The van der Waals surface area contributed by atoms with E-state index in [1.807, 2.05) is 0 Å². The maximum atomic E-state index is 13.5. The Morgan fingerprint density at radius 3 is 2.78 bits per heavy atom. The van der Waals surface area contributed by atoms with Crippen molar-refractivity contribution < 1.29 is 18.7 Å². The zero-order valence-corrected chi connectivity index (χ0v) is 11.8. The maximum Gasteiger partial charge on any atom is 0.254 e. The zero-order valence-electron chi connectivity index (χ0n) is 10.2. The molecule has 0 bridgehead atoms. The number of carbonyl (C=O) groups excluding carboxylic acids is 1. The second-order valence-electron chi connectivity index (χ2n) is 3.65. The van der Waals surface area contributed by atoms with Gasteiger partial charge >= 0.3 is 0 Å². The van der Waals surface area contributed by atoms with Crippen molar-refractivity contribution in [1.82, 2.24) is 5.32 Å². The summed E-state index contributed by atoms with van der Waals surface area (Å²) in [6, 6.07) is 4.28. The van der Waals surface area contributed by atoms with Crippen LogP contribution in [0.2, 0.25) is 0 Å². The van der Waals surface area contributed by atoms with Crippen LogP contribution in [-0.4, -0.2) is 39.4 Å². The van der Waals surface area contributed by atoms with Crippen molar-refractivity contribution in [3.8, 4) is 0 Å². The Kier molecular flexibility index (Phi) is 6.24. The van der Waals surface area contributed by atoms with E-state index in [4.69, 9.17) is 9.47 Å². The summed E-state index contributed by atoms with van der Waals surface area (Å²) in [7, 11) is 3.07. The quantitative estimate of drug-likeness (QED) is 0.872. The largest absolute Gasteiger partial charge is 0.382 e. The smallest absolute Gasteiger partial charge is 0.254 e. The van der Waals surface area contributed by atoms with E-state index in [0.717, 1.165) is 0 Å². The van der Waals surface area contributed by atoms with E-state index in [1.54, 1.807) is 13.2 Å². The zero-order chi connectivity index (χ0) is 13.5. The molecule has 1 unspecified atom stereocenters. The lowest BCUT2D eigenvalue weighted by Crippen LogP contribution is -2.35. The first-order valence-electron chi connectivity index (χ1n) is 5.33. The third-order valence-electron chi connectivity index (χ3n) is 2.35. The minimum absolute atomic E-state index is 0.00506. The van der Waals surface area contributed by atoms with E-state index in [0.29, 0.717) is 11.1 Å². The lowest BCUT2D eigenvalue weighted by Gasteiger charge is -2.15. The molecule has 18 heavy (non-hydrogen) atoms. The van der Waals surface area contributed by atoms with Gasteiger partial charge in [-0.15, -0.1) is 0 Å². The third kappa shape index (κ3) is 4.36. The Morgan fingerprint density at radius 1 is 1.50 bits per heavy atom. The van der Waals surface area contributed by atoms with Gasteiger partial charge in [0.05, 0.1) is 18.3 Å². The number of carbonyl (C=O) groups is 1. The molecule has 0 aliphatic carbocycles. The van der Waals surface area contributed by atoms with E-state index in [2.05, 4.69) is 21.2 Å². The van der Waals surface area contributed by atoms with Gasteiger partial charge in [-0.05, 0) is 18.2 Å². The number of halogens is 2. The summed E-state index contributed by atoms with van der Waals surface area (Å²) in [5, 5.41) is 2.60. The van der Waals surface area contributed by atoms with Crippen LogP contribution in [-0.2, 0) is 9.47 Å². The van der Waals surface area contributed by atoms with E-state index >= 15 is 0 Å². The number of hydrogen-bond acceptors (Lipinski definition) is 3. The van der Waals surface area contributed by atoms with Crippen molar-refractivity contribution in [2.24, 2.45) is 0 Å². The molecule has 1 amide bonds. The Morgan fingerprint density at radius 2 is 2.22 bits per heavy atom. The molecule has 0 fully saturated rings. The number of hydrogen-bond donors (Lipinski definition) is 1. The van der Waals surface area contributed by atoms with Crippen molar-refractivity contribution in [1.29, 1.82) is 0 Å². The molecule has 4 nitrogen and oxygen atoms in total. The Balaban J connectivity index is 2.59. The normalized spacial score (nSPS) is 12.2. The summed E-state index contributed by atoms with van der Waals surface area (Å²) in [4.78, 5) is 11.7. The number of rotatable bonds is 6. The van der Waals surface area contributed by atoms with Gasteiger partial charge in [-0.2, -0.15) is 0 Å². The molecule has 0 aliphatic heterocycles. The average Bonchev–Trinajstić information content (AvgIpc) is 2.34. The van der Waals surface area contributed by atoms with Crippen LogP contribution in [0.25, 0.3) is 0 Å². The second kappa shape index (κ2) is 7.45. The summed E-state index contributed by atoms with van der Waals surface area (Å²) in [5.41, 5.74) is 0.00506. The van der Waals surface area contributed by atoms with E-state index < -0.39 is 11.7 Å². The Bertz CT molecular complexity index is 414. The van der Waals surface area contributed by atoms with Crippen LogP contribution < -0.4 is 5.32 Å². The summed E-state index contributed by atoms with van der Waals surface area (Å²) < 4.78 is 24.1. The van der Waals surface area contributed by atoms with Gasteiger partial charge in [-0.3, -0.25) is 4.79 Å². The Labute approximate surface area is 114 Å². The van der Waals surface area contributed by atoms with Crippen molar-refractivity contribution in [2.75, 3.05) is 27.4 Å². The summed E-state index contributed by atoms with van der Waals surface area (Å²) >= 11 is 3.13. The first-order chi connectivity index (χ1) is 8.58. The minimum atomic E-state index is -0.567. The highest BCUT2D eigenvalue weighted by Gasteiger charge is 2.14. The SMILES string of the molecule is COCC(CNC(=O)c1ccc(Br)cc1F)OC. The Hall–Kier alpha value is -0.980. The highest BCUT2D eigenvalue weighted by Crippen LogP contribution is 2.15. The lowest BCUT2D eigenvalue weighted by atomic mass is 10.2. The van der Waals surface area contributed by atoms with Gasteiger partial charge in [-0.25, -0.2) is 4.39 Å². The van der Waals surface area contributed by atoms with Gasteiger partial charge in [0.15, 0.2) is 0 Å². The third-order valence-corrected chi connectivity index (χ3v) is 2.85. The van der Waals surface area contributed by atoms with Gasteiger partial charge < -0.3 is 14.8 Å². The number of ether oxygens (including phenoxy) is 2. The molecule has 1 aromatic rings. The second-order valence-corrected chi connectivity index (χ2v) is 4.56. The number of amides is 1. The summed E-state index contributed by atoms with van der Waals surface area (Å²) in [6.07, 6.45) is -0.252. The molecule has 1 rings (SSSR count). The van der Waals surface area contributed by atoms with Crippen LogP contribution in [0.4, 0.5) is 4.39 Å². The first-order valence-corrected chi connectivity index (χ1v) is 6.12. The fourth-order valence-electron chi connectivity index (χ4n) is 1.37. The molecule has 0 saturated heterocycles. The number of methoxy groups -OCH3 is 2. The molecular weight excluding hydrogens is 305 g/mol. The minimum Gasteiger partial charge on any atom is -0.382 e. The predicted octanol–water partition coefficient (Wildman–Crippen LogP) is 1.98. The lowest BCUT2D eigenvalue weighted by molar-refractivity contribution is 0.0285. The molecule has 1 aromatic carbocycles. The van der Waals surface area contributed by atoms with Crippen LogP contribution in [0, 0.1) is 5.82 Å². The van der Waals surface area contributed by atoms with Gasteiger partial charge in [0.2, 0.25) is 0 Å². The van der Waals surface area contributed by atoms with Crippen LogP contribution in [0.1, 0.15) is 10.4 Å². The standard InChI is InChI=1S/C12H15BrFNO3/c1-17-7-9(18-2)6-15-12(16)10-4-3-8(13)5-11(10)14/h3-5,9H,6-7H2,1-2H3,(H,15,16). The molecule has 100 valence electrons. The van der Waals surface area contributed by atoms with E-state index in [-0.39, 0.29) is 18.2 Å². The van der Waals surface area contributed by atoms with Crippen LogP contribution in [0.15, 0.2) is 22.7 Å². The molecule has 0 saturated carbocycles. The predicted molar refractivity (Wildman–Crippen MR) is 69.1 cm³/mol. The van der Waals surface area contributed by atoms with Crippen molar-refractivity contribution in [3.05, 3.63) is 34.1 Å². The monoisotopic (exact) mass is 319 g/mol. The summed E-state index contributed by atoms with van der Waals surface area (Å²) in [5.74, 6) is -1.04. The molecule has 6 heteroatoms. The molecule has 1 atom stereocenters. The van der Waals surface area contributed by atoms with Crippen molar-refractivity contribution >= 4 is 21.8 Å². The highest BCUT2D eigenvalue weighted by molar-refractivity contribution is 9.10. The average molecular weight is 320 g/mol. The van der Waals surface area contributed by atoms with Crippen molar-refractivity contribution in [2.45, 2.75) is 6.10 Å². The first kappa shape index (κ1) is 15.1. The molecule has 0 heterocycles. The molecule has 0 radical (unpaired) electrons. The summed E-state index contributed by atoms with van der Waals surface area (Å²) in [6.45, 7) is 0.623. The van der Waals surface area contributed by atoms with Gasteiger partial charge in [0, 0.05) is 25.2 Å². The molecular formula is C12H15BrFNO3. The fourth-order valence-corrected chi connectivity index (χ4v) is 1.70. The fraction of sp³-hybridized carbons (Fsp3) is 0.417. The topological polar surface area (TPSA) is 47.6 Å².